The minimum Gasteiger partial charge on any atom is -0.508 e. The van der Waals surface area contributed by atoms with Crippen LogP contribution in [0.2, 0.25) is 0 Å². The van der Waals surface area contributed by atoms with E-state index in [0.717, 1.165) is 0 Å². The fourth-order valence-corrected chi connectivity index (χ4v) is 1.97. The Morgan fingerprint density at radius 1 is 0.586 bits per heavy atom. The second kappa shape index (κ2) is 10.7. The van der Waals surface area contributed by atoms with Gasteiger partial charge in [-0.15, -0.1) is 20.4 Å². The SMILES string of the molecule is O.O.O.Oc1ccc(-c2nn[nH]n2)c(O)c1.Oc1ccc(-c2nn[nH]n2)c(O)c1. The Bertz CT molecular complexity index is 914. The lowest BCUT2D eigenvalue weighted by Gasteiger charge is -1.98. The van der Waals surface area contributed by atoms with Crippen LogP contribution in [0.15, 0.2) is 36.4 Å². The molecule has 0 unspecified atom stereocenters. The first-order chi connectivity index (χ1) is 12.5. The second-order valence-electron chi connectivity index (χ2n) is 4.87. The number of benzene rings is 2. The molecule has 4 rings (SSSR count). The summed E-state index contributed by atoms with van der Waals surface area (Å²) >= 11 is 0. The first-order valence-electron chi connectivity index (χ1n) is 7.06. The summed E-state index contributed by atoms with van der Waals surface area (Å²) in [6.45, 7) is 0. The van der Waals surface area contributed by atoms with Gasteiger partial charge in [-0.2, -0.15) is 10.4 Å². The zero-order chi connectivity index (χ0) is 18.5. The molecule has 0 spiro atoms. The highest BCUT2D eigenvalue weighted by Crippen LogP contribution is 2.29. The number of nitrogens with one attached hydrogen (secondary N) is 2. The van der Waals surface area contributed by atoms with E-state index >= 15 is 0 Å². The van der Waals surface area contributed by atoms with Crippen molar-refractivity contribution in [2.45, 2.75) is 0 Å². The number of aromatic hydroxyl groups is 4. The molecule has 0 aliphatic carbocycles. The lowest BCUT2D eigenvalue weighted by atomic mass is 10.2. The molecule has 2 aromatic carbocycles. The van der Waals surface area contributed by atoms with Crippen molar-refractivity contribution in [1.82, 2.24) is 41.2 Å². The average molecular weight is 410 g/mol. The van der Waals surface area contributed by atoms with Gasteiger partial charge in [0.25, 0.3) is 0 Å². The van der Waals surface area contributed by atoms with Crippen molar-refractivity contribution in [3.05, 3.63) is 36.4 Å². The van der Waals surface area contributed by atoms with Crippen LogP contribution >= 0.6 is 0 Å². The number of hydrogen-bond donors (Lipinski definition) is 6. The number of tetrazole rings is 2. The highest BCUT2D eigenvalue weighted by atomic mass is 16.3. The molecule has 15 nitrogen and oxygen atoms in total. The topological polar surface area (TPSA) is 284 Å². The van der Waals surface area contributed by atoms with E-state index in [1.165, 1.54) is 36.4 Å². The van der Waals surface area contributed by atoms with Gasteiger partial charge in [-0.25, -0.2) is 0 Å². The lowest BCUT2D eigenvalue weighted by Crippen LogP contribution is -1.81. The number of nitrogens with zero attached hydrogens (tertiary/aromatic N) is 6. The van der Waals surface area contributed by atoms with Crippen molar-refractivity contribution in [2.75, 3.05) is 0 Å². The quantitative estimate of drug-likeness (QED) is 0.213. The zero-order valence-corrected chi connectivity index (χ0v) is 14.4. The van der Waals surface area contributed by atoms with Gasteiger partial charge in [0.05, 0.1) is 11.1 Å². The second-order valence-corrected chi connectivity index (χ2v) is 4.87. The van der Waals surface area contributed by atoms with Crippen molar-refractivity contribution < 1.29 is 36.9 Å². The predicted octanol–water partition coefficient (Wildman–Crippen LogP) is -1.92. The number of phenolic OH excluding ortho intramolecular Hbond substituents is 4. The number of phenols is 4. The van der Waals surface area contributed by atoms with E-state index < -0.39 is 0 Å². The maximum absolute atomic E-state index is 9.38. The van der Waals surface area contributed by atoms with E-state index in [1.807, 2.05) is 0 Å². The summed E-state index contributed by atoms with van der Waals surface area (Å²) in [5.41, 5.74) is 0.845. The molecule has 12 N–H and O–H groups in total. The van der Waals surface area contributed by atoms with E-state index in [1.54, 1.807) is 0 Å². The molecule has 15 heteroatoms. The van der Waals surface area contributed by atoms with Gasteiger partial charge in [0.1, 0.15) is 23.0 Å². The smallest absolute Gasteiger partial charge is 0.208 e. The van der Waals surface area contributed by atoms with Crippen molar-refractivity contribution in [3.8, 4) is 45.8 Å². The number of rotatable bonds is 2. The lowest BCUT2D eigenvalue weighted by molar-refractivity contribution is 0.450. The molecule has 0 saturated heterocycles. The third kappa shape index (κ3) is 5.82. The van der Waals surface area contributed by atoms with E-state index in [9.17, 15) is 10.2 Å². The van der Waals surface area contributed by atoms with E-state index in [0.29, 0.717) is 11.1 Å². The summed E-state index contributed by atoms with van der Waals surface area (Å²) in [4.78, 5) is 0. The first kappa shape index (κ1) is 24.7. The van der Waals surface area contributed by atoms with Gasteiger partial charge in [-0.3, -0.25) is 0 Å². The highest BCUT2D eigenvalue weighted by molar-refractivity contribution is 5.64. The molecule has 0 aliphatic heterocycles. The monoisotopic (exact) mass is 410 g/mol. The normalized spacial score (nSPS) is 9.10. The van der Waals surface area contributed by atoms with Crippen LogP contribution in [0.25, 0.3) is 22.8 Å². The molecule has 0 fully saturated rings. The van der Waals surface area contributed by atoms with Gasteiger partial charge in [-0.05, 0) is 34.7 Å². The van der Waals surface area contributed by atoms with Gasteiger partial charge in [-0.1, -0.05) is 0 Å². The summed E-state index contributed by atoms with van der Waals surface area (Å²) in [5, 5.41) is 62.8. The molecule has 156 valence electrons. The highest BCUT2D eigenvalue weighted by Gasteiger charge is 2.09. The third-order valence-corrected chi connectivity index (χ3v) is 3.14. The molecule has 4 aromatic rings. The van der Waals surface area contributed by atoms with Gasteiger partial charge in [0.2, 0.25) is 11.6 Å². The predicted molar refractivity (Wildman–Crippen MR) is 96.7 cm³/mol. The zero-order valence-electron chi connectivity index (χ0n) is 14.4. The molecular weight excluding hydrogens is 392 g/mol. The standard InChI is InChI=1S/2C7H6N4O2.3H2O/c2*12-4-1-2-5(6(13)3-4)7-8-10-11-9-7;;;/h2*1-3,12-13H,(H,8,9,10,11);3*1H2. The largest absolute Gasteiger partial charge is 0.508 e. The molecule has 0 aliphatic rings. The van der Waals surface area contributed by atoms with Gasteiger partial charge >= 0.3 is 0 Å². The molecular formula is C14H18N8O7. The number of H-pyrrole nitrogens is 2. The summed E-state index contributed by atoms with van der Waals surface area (Å²) in [5.74, 6) is 0.396. The van der Waals surface area contributed by atoms with Crippen molar-refractivity contribution in [2.24, 2.45) is 0 Å². The van der Waals surface area contributed by atoms with Crippen LogP contribution in [-0.4, -0.2) is 78.1 Å². The molecule has 0 bridgehead atoms. The minimum atomic E-state index is -0.0820. The molecule has 0 amide bonds. The Balaban J connectivity index is 0.000000490. The molecule has 2 aromatic heterocycles. The number of hydrogen-bond acceptors (Lipinski definition) is 10. The van der Waals surface area contributed by atoms with Crippen LogP contribution in [0.3, 0.4) is 0 Å². The Morgan fingerprint density at radius 3 is 1.24 bits per heavy atom. The summed E-state index contributed by atoms with van der Waals surface area (Å²) in [6.07, 6.45) is 0. The average Bonchev–Trinajstić information content (AvgIpc) is 3.29. The number of aromatic amines is 2. The van der Waals surface area contributed by atoms with Crippen LogP contribution in [-0.2, 0) is 0 Å². The Hall–Kier alpha value is -4.34. The molecule has 0 radical (unpaired) electrons. The van der Waals surface area contributed by atoms with Crippen LogP contribution < -0.4 is 0 Å². The maximum atomic E-state index is 9.38. The Kier molecular flexibility index (Phi) is 9.12. The van der Waals surface area contributed by atoms with Crippen LogP contribution in [0, 0.1) is 0 Å². The van der Waals surface area contributed by atoms with Gasteiger partial charge < -0.3 is 36.9 Å². The third-order valence-electron chi connectivity index (χ3n) is 3.14. The summed E-state index contributed by atoms with van der Waals surface area (Å²) < 4.78 is 0. The number of aromatic nitrogens is 8. The molecule has 0 saturated carbocycles. The summed E-state index contributed by atoms with van der Waals surface area (Å²) in [7, 11) is 0. The van der Waals surface area contributed by atoms with Crippen molar-refractivity contribution in [3.63, 3.8) is 0 Å². The fraction of sp³-hybridized carbons (Fsp3) is 0. The van der Waals surface area contributed by atoms with Crippen molar-refractivity contribution >= 4 is 0 Å². The van der Waals surface area contributed by atoms with Crippen LogP contribution in [0.5, 0.6) is 23.0 Å². The summed E-state index contributed by atoms with van der Waals surface area (Å²) in [6, 6.07) is 8.32. The first-order valence-corrected chi connectivity index (χ1v) is 7.06. The van der Waals surface area contributed by atoms with Crippen LogP contribution in [0.4, 0.5) is 0 Å². The van der Waals surface area contributed by atoms with Gasteiger partial charge in [0.15, 0.2) is 0 Å². The molecule has 2 heterocycles. The van der Waals surface area contributed by atoms with Crippen molar-refractivity contribution in [1.29, 1.82) is 0 Å². The molecule has 0 atom stereocenters. The molecule has 29 heavy (non-hydrogen) atoms. The van der Waals surface area contributed by atoms with E-state index in [-0.39, 0.29) is 51.1 Å². The Morgan fingerprint density at radius 2 is 0.966 bits per heavy atom. The van der Waals surface area contributed by atoms with E-state index in [2.05, 4.69) is 41.2 Å². The van der Waals surface area contributed by atoms with Gasteiger partial charge in [0, 0.05) is 12.1 Å². The van der Waals surface area contributed by atoms with Crippen LogP contribution in [0.1, 0.15) is 0 Å². The maximum Gasteiger partial charge on any atom is 0.208 e. The minimum absolute atomic E-state index is 0. The Labute approximate surface area is 161 Å². The van der Waals surface area contributed by atoms with E-state index in [4.69, 9.17) is 10.2 Å². The fourth-order valence-electron chi connectivity index (χ4n) is 1.97.